The lowest BCUT2D eigenvalue weighted by molar-refractivity contribution is 0.0957. The quantitative estimate of drug-likeness (QED) is 0.817. The van der Waals surface area contributed by atoms with Gasteiger partial charge in [0, 0.05) is 24.6 Å². The second-order valence-corrected chi connectivity index (χ2v) is 4.29. The molecule has 20 heavy (non-hydrogen) atoms. The molecule has 0 saturated carbocycles. The lowest BCUT2D eigenvalue weighted by Crippen LogP contribution is -2.23. The summed E-state index contributed by atoms with van der Waals surface area (Å²) in [5.41, 5.74) is 2.51. The van der Waals surface area contributed by atoms with Crippen molar-refractivity contribution in [3.05, 3.63) is 60.4 Å². The molecule has 1 aromatic carbocycles. The Balaban J connectivity index is 2.02. The van der Waals surface area contributed by atoms with Crippen molar-refractivity contribution in [3.8, 4) is 0 Å². The average molecular weight is 268 g/mol. The lowest BCUT2D eigenvalue weighted by Gasteiger charge is -2.06. The number of anilines is 2. The number of aromatic nitrogens is 2. The first-order valence-electron chi connectivity index (χ1n) is 6.24. The predicted molar refractivity (Wildman–Crippen MR) is 79.0 cm³/mol. The standard InChI is InChI=1S/C15H16N4O/c1-3-8-16-14(20)12-9-17-15(18-10-12)19-13-6-4-11(2)5-7-13/h3-7,9-10H,1,8H2,2H3,(H,16,20)(H,17,18,19). The average Bonchev–Trinajstić information content (AvgIpc) is 2.48. The highest BCUT2D eigenvalue weighted by molar-refractivity contribution is 5.93. The van der Waals surface area contributed by atoms with Crippen molar-refractivity contribution >= 4 is 17.5 Å². The van der Waals surface area contributed by atoms with Gasteiger partial charge in [0.2, 0.25) is 5.95 Å². The Kier molecular flexibility index (Phi) is 4.44. The van der Waals surface area contributed by atoms with E-state index in [2.05, 4.69) is 27.2 Å². The number of rotatable bonds is 5. The predicted octanol–water partition coefficient (Wildman–Crippen LogP) is 2.44. The number of carbonyl (C=O) groups is 1. The van der Waals surface area contributed by atoms with Crippen molar-refractivity contribution in [2.45, 2.75) is 6.92 Å². The number of hydrogen-bond donors (Lipinski definition) is 2. The van der Waals surface area contributed by atoms with Gasteiger partial charge in [0.05, 0.1) is 5.56 Å². The fourth-order valence-electron chi connectivity index (χ4n) is 1.54. The van der Waals surface area contributed by atoms with Crippen molar-refractivity contribution in [1.82, 2.24) is 15.3 Å². The van der Waals surface area contributed by atoms with Crippen molar-refractivity contribution in [1.29, 1.82) is 0 Å². The summed E-state index contributed by atoms with van der Waals surface area (Å²) >= 11 is 0. The molecule has 0 bridgehead atoms. The maximum atomic E-state index is 11.7. The SMILES string of the molecule is C=CCNC(=O)c1cnc(Nc2ccc(C)cc2)nc1. The molecule has 2 rings (SSSR count). The molecule has 0 saturated heterocycles. The third kappa shape index (κ3) is 3.65. The summed E-state index contributed by atoms with van der Waals surface area (Å²) in [6.07, 6.45) is 4.59. The Morgan fingerprint density at radius 1 is 1.25 bits per heavy atom. The van der Waals surface area contributed by atoms with E-state index in [1.165, 1.54) is 18.0 Å². The minimum absolute atomic E-state index is 0.216. The van der Waals surface area contributed by atoms with Crippen LogP contribution in [0.25, 0.3) is 0 Å². The van der Waals surface area contributed by atoms with Crippen LogP contribution in [0, 0.1) is 6.92 Å². The Bertz CT molecular complexity index is 590. The highest BCUT2D eigenvalue weighted by atomic mass is 16.1. The Hall–Kier alpha value is -2.69. The van der Waals surface area contributed by atoms with Crippen LogP contribution in [-0.2, 0) is 0 Å². The monoisotopic (exact) mass is 268 g/mol. The van der Waals surface area contributed by atoms with Gasteiger partial charge in [0.15, 0.2) is 0 Å². The van der Waals surface area contributed by atoms with Gasteiger partial charge >= 0.3 is 0 Å². The fourth-order valence-corrected chi connectivity index (χ4v) is 1.54. The van der Waals surface area contributed by atoms with Gasteiger partial charge < -0.3 is 10.6 Å². The van der Waals surface area contributed by atoms with E-state index in [1.54, 1.807) is 6.08 Å². The van der Waals surface area contributed by atoms with Crippen molar-refractivity contribution < 1.29 is 4.79 Å². The minimum Gasteiger partial charge on any atom is -0.348 e. The van der Waals surface area contributed by atoms with Crippen LogP contribution in [-0.4, -0.2) is 22.4 Å². The number of aryl methyl sites for hydroxylation is 1. The van der Waals surface area contributed by atoms with Gasteiger partial charge in [-0.25, -0.2) is 9.97 Å². The molecule has 5 nitrogen and oxygen atoms in total. The van der Waals surface area contributed by atoms with E-state index in [9.17, 15) is 4.79 Å². The molecule has 0 aliphatic carbocycles. The zero-order valence-corrected chi connectivity index (χ0v) is 11.3. The van der Waals surface area contributed by atoms with Crippen LogP contribution in [0.4, 0.5) is 11.6 Å². The summed E-state index contributed by atoms with van der Waals surface area (Å²) in [5.74, 6) is 0.237. The van der Waals surface area contributed by atoms with E-state index in [0.717, 1.165) is 5.69 Å². The molecule has 0 radical (unpaired) electrons. The van der Waals surface area contributed by atoms with Crippen LogP contribution in [0.2, 0.25) is 0 Å². The number of hydrogen-bond acceptors (Lipinski definition) is 4. The summed E-state index contributed by atoms with van der Waals surface area (Å²) < 4.78 is 0. The fraction of sp³-hybridized carbons (Fsp3) is 0.133. The number of benzene rings is 1. The van der Waals surface area contributed by atoms with E-state index in [-0.39, 0.29) is 5.91 Å². The van der Waals surface area contributed by atoms with Gasteiger partial charge in [-0.1, -0.05) is 23.8 Å². The number of nitrogens with one attached hydrogen (secondary N) is 2. The van der Waals surface area contributed by atoms with Gasteiger partial charge in [-0.05, 0) is 19.1 Å². The van der Waals surface area contributed by atoms with Gasteiger partial charge in [-0.3, -0.25) is 4.79 Å². The maximum absolute atomic E-state index is 11.7. The molecular weight excluding hydrogens is 252 g/mol. The Morgan fingerprint density at radius 2 is 1.90 bits per heavy atom. The third-order valence-corrected chi connectivity index (χ3v) is 2.63. The molecular formula is C15H16N4O. The van der Waals surface area contributed by atoms with Crippen LogP contribution >= 0.6 is 0 Å². The first-order chi connectivity index (χ1) is 9.69. The number of amides is 1. The minimum atomic E-state index is -0.216. The first-order valence-corrected chi connectivity index (χ1v) is 6.24. The topological polar surface area (TPSA) is 66.9 Å². The molecule has 1 amide bonds. The van der Waals surface area contributed by atoms with Gasteiger partial charge in [0.25, 0.3) is 5.91 Å². The summed E-state index contributed by atoms with van der Waals surface area (Å²) in [7, 11) is 0. The highest BCUT2D eigenvalue weighted by Gasteiger charge is 2.05. The summed E-state index contributed by atoms with van der Waals surface area (Å²) in [5, 5.41) is 5.74. The Labute approximate surface area is 117 Å². The van der Waals surface area contributed by atoms with Crippen LogP contribution in [0.3, 0.4) is 0 Å². The van der Waals surface area contributed by atoms with Gasteiger partial charge in [-0.15, -0.1) is 6.58 Å². The number of nitrogens with zero attached hydrogens (tertiary/aromatic N) is 2. The molecule has 0 aliphatic rings. The molecule has 0 fully saturated rings. The summed E-state index contributed by atoms with van der Waals surface area (Å²) in [6, 6.07) is 7.89. The van der Waals surface area contributed by atoms with E-state index in [1.807, 2.05) is 31.2 Å². The molecule has 0 atom stereocenters. The van der Waals surface area contributed by atoms with Gasteiger partial charge in [0.1, 0.15) is 0 Å². The smallest absolute Gasteiger partial charge is 0.254 e. The van der Waals surface area contributed by atoms with E-state index in [0.29, 0.717) is 18.1 Å². The zero-order valence-electron chi connectivity index (χ0n) is 11.3. The highest BCUT2D eigenvalue weighted by Crippen LogP contribution is 2.13. The van der Waals surface area contributed by atoms with E-state index in [4.69, 9.17) is 0 Å². The van der Waals surface area contributed by atoms with Crippen molar-refractivity contribution in [3.63, 3.8) is 0 Å². The third-order valence-electron chi connectivity index (χ3n) is 2.63. The normalized spacial score (nSPS) is 9.85. The van der Waals surface area contributed by atoms with Gasteiger partial charge in [-0.2, -0.15) is 0 Å². The van der Waals surface area contributed by atoms with Crippen LogP contribution in [0.15, 0.2) is 49.3 Å². The molecule has 0 spiro atoms. The molecule has 102 valence electrons. The molecule has 1 aromatic heterocycles. The molecule has 1 heterocycles. The van der Waals surface area contributed by atoms with E-state index < -0.39 is 0 Å². The van der Waals surface area contributed by atoms with E-state index >= 15 is 0 Å². The van der Waals surface area contributed by atoms with Crippen LogP contribution < -0.4 is 10.6 Å². The summed E-state index contributed by atoms with van der Waals surface area (Å²) in [4.78, 5) is 19.9. The largest absolute Gasteiger partial charge is 0.348 e. The molecule has 2 aromatic rings. The van der Waals surface area contributed by atoms with Crippen LogP contribution in [0.1, 0.15) is 15.9 Å². The van der Waals surface area contributed by atoms with Crippen LogP contribution in [0.5, 0.6) is 0 Å². The maximum Gasteiger partial charge on any atom is 0.254 e. The Morgan fingerprint density at radius 3 is 2.50 bits per heavy atom. The lowest BCUT2D eigenvalue weighted by atomic mass is 10.2. The molecule has 2 N–H and O–H groups in total. The van der Waals surface area contributed by atoms with Crippen molar-refractivity contribution in [2.24, 2.45) is 0 Å². The molecule has 0 aliphatic heterocycles. The first kappa shape index (κ1) is 13.7. The second-order valence-electron chi connectivity index (χ2n) is 4.29. The second kappa shape index (κ2) is 6.47. The molecule has 0 unspecified atom stereocenters. The summed E-state index contributed by atoms with van der Waals surface area (Å²) in [6.45, 7) is 5.98. The molecule has 5 heteroatoms. The number of carbonyl (C=O) groups excluding carboxylic acids is 1. The zero-order chi connectivity index (χ0) is 14.4. The van der Waals surface area contributed by atoms with Crippen molar-refractivity contribution in [2.75, 3.05) is 11.9 Å².